The van der Waals surface area contributed by atoms with Crippen LogP contribution in [0.2, 0.25) is 0 Å². The smallest absolute Gasteiger partial charge is 0.291 e. The molecule has 2 fully saturated rings. The number of hydrogen-bond acceptors (Lipinski definition) is 7. The summed E-state index contributed by atoms with van der Waals surface area (Å²) < 4.78 is 0. The van der Waals surface area contributed by atoms with E-state index in [1.807, 2.05) is 18.2 Å². The van der Waals surface area contributed by atoms with Crippen LogP contribution in [0.15, 0.2) is 18.3 Å². The van der Waals surface area contributed by atoms with E-state index in [1.165, 1.54) is 12.6 Å². The number of piperazine rings is 1. The number of H-pyrrole nitrogens is 1. The topological polar surface area (TPSA) is 104 Å². The second kappa shape index (κ2) is 9.27. The molecule has 0 bridgehead atoms. The van der Waals surface area contributed by atoms with E-state index >= 15 is 0 Å². The lowest BCUT2D eigenvalue weighted by Gasteiger charge is -2.43. The molecule has 0 aromatic carbocycles. The number of anilines is 2. The predicted octanol–water partition coefficient (Wildman–Crippen LogP) is 2.40. The molecule has 0 unspecified atom stereocenters. The molecule has 9 nitrogen and oxygen atoms in total. The van der Waals surface area contributed by atoms with Gasteiger partial charge in [-0.3, -0.25) is 9.69 Å². The number of hydrogen-bond donors (Lipinski definition) is 2. The van der Waals surface area contributed by atoms with Crippen molar-refractivity contribution in [2.45, 2.75) is 38.6 Å². The fourth-order valence-corrected chi connectivity index (χ4v) is 4.44. The van der Waals surface area contributed by atoms with Gasteiger partial charge >= 0.3 is 0 Å². The van der Waals surface area contributed by atoms with Gasteiger partial charge in [0.15, 0.2) is 11.6 Å². The van der Waals surface area contributed by atoms with Gasteiger partial charge < -0.3 is 20.1 Å². The van der Waals surface area contributed by atoms with E-state index in [1.54, 1.807) is 0 Å². The summed E-state index contributed by atoms with van der Waals surface area (Å²) in [5.41, 5.74) is 1.72. The molecule has 170 valence electrons. The van der Waals surface area contributed by atoms with Crippen LogP contribution in [0.3, 0.4) is 0 Å². The molecule has 4 rings (SSSR count). The van der Waals surface area contributed by atoms with Crippen molar-refractivity contribution in [3.63, 3.8) is 0 Å². The highest BCUT2D eigenvalue weighted by Gasteiger charge is 2.33. The van der Waals surface area contributed by atoms with Crippen LogP contribution in [0, 0.1) is 11.3 Å². The Labute approximate surface area is 189 Å². The number of amides is 1. The van der Waals surface area contributed by atoms with Crippen molar-refractivity contribution in [3.05, 3.63) is 35.5 Å². The van der Waals surface area contributed by atoms with E-state index in [0.29, 0.717) is 5.69 Å². The maximum Gasteiger partial charge on any atom is 0.291 e. The molecule has 2 aliphatic heterocycles. The molecular weight excluding hydrogens is 404 g/mol. The SMILES string of the molecule is CN1CCN(C(C)(C)c2ccc(NC(=O)c3ncc(C#N)[nH]3)c(N3CCCCC3)n2)CC1. The molecule has 2 saturated heterocycles. The summed E-state index contributed by atoms with van der Waals surface area (Å²) in [4.78, 5) is 31.7. The Morgan fingerprint density at radius 2 is 1.84 bits per heavy atom. The number of nitrogens with one attached hydrogen (secondary N) is 2. The number of piperidine rings is 1. The van der Waals surface area contributed by atoms with Gasteiger partial charge in [0, 0.05) is 39.3 Å². The lowest BCUT2D eigenvalue weighted by atomic mass is 9.96. The maximum atomic E-state index is 12.8. The van der Waals surface area contributed by atoms with E-state index < -0.39 is 0 Å². The molecule has 0 spiro atoms. The molecule has 1 amide bonds. The minimum Gasteiger partial charge on any atom is -0.355 e. The average molecular weight is 437 g/mol. The average Bonchev–Trinajstić information content (AvgIpc) is 3.30. The molecule has 9 heteroatoms. The number of aromatic amines is 1. The van der Waals surface area contributed by atoms with Crippen molar-refractivity contribution in [1.82, 2.24) is 24.8 Å². The van der Waals surface area contributed by atoms with Gasteiger partial charge in [0.05, 0.1) is 23.1 Å². The van der Waals surface area contributed by atoms with E-state index in [-0.39, 0.29) is 23.0 Å². The van der Waals surface area contributed by atoms with Gasteiger partial charge in [-0.1, -0.05) is 0 Å². The minimum absolute atomic E-state index is 0.119. The molecule has 2 aromatic rings. The van der Waals surface area contributed by atoms with Gasteiger partial charge in [0.2, 0.25) is 0 Å². The van der Waals surface area contributed by atoms with Crippen molar-refractivity contribution in [1.29, 1.82) is 5.26 Å². The second-order valence-electron chi connectivity index (χ2n) is 9.18. The zero-order valence-corrected chi connectivity index (χ0v) is 19.2. The summed E-state index contributed by atoms with van der Waals surface area (Å²) in [5.74, 6) is 0.551. The van der Waals surface area contributed by atoms with Crippen molar-refractivity contribution in [3.8, 4) is 6.07 Å². The number of likely N-dealkylation sites (N-methyl/N-ethyl adjacent to an activating group) is 1. The van der Waals surface area contributed by atoms with Crippen molar-refractivity contribution >= 4 is 17.4 Å². The van der Waals surface area contributed by atoms with Crippen molar-refractivity contribution in [2.75, 3.05) is 56.5 Å². The maximum absolute atomic E-state index is 12.8. The Hall–Kier alpha value is -2.96. The first-order valence-electron chi connectivity index (χ1n) is 11.3. The number of nitrogens with zero attached hydrogens (tertiary/aromatic N) is 6. The quantitative estimate of drug-likeness (QED) is 0.742. The van der Waals surface area contributed by atoms with E-state index in [2.05, 4.69) is 50.9 Å². The van der Waals surface area contributed by atoms with Crippen LogP contribution in [-0.4, -0.2) is 77.0 Å². The largest absolute Gasteiger partial charge is 0.355 e. The fraction of sp³-hybridized carbons (Fsp3) is 0.565. The molecule has 32 heavy (non-hydrogen) atoms. The third-order valence-corrected chi connectivity index (χ3v) is 6.61. The Bertz CT molecular complexity index is 994. The van der Waals surface area contributed by atoms with Crippen molar-refractivity contribution in [2.24, 2.45) is 0 Å². The van der Waals surface area contributed by atoms with Crippen molar-refractivity contribution < 1.29 is 4.79 Å². The van der Waals surface area contributed by atoms with Gasteiger partial charge in [0.25, 0.3) is 5.91 Å². The van der Waals surface area contributed by atoms with Crippen LogP contribution < -0.4 is 10.2 Å². The van der Waals surface area contributed by atoms with E-state index in [4.69, 9.17) is 10.2 Å². The van der Waals surface area contributed by atoms with Crippen LogP contribution in [0.5, 0.6) is 0 Å². The number of nitriles is 1. The summed E-state index contributed by atoms with van der Waals surface area (Å²) in [5, 5.41) is 11.9. The van der Waals surface area contributed by atoms with E-state index in [0.717, 1.165) is 63.6 Å². The first kappa shape index (κ1) is 22.2. The molecule has 4 heterocycles. The monoisotopic (exact) mass is 436 g/mol. The van der Waals surface area contributed by atoms with Crippen LogP contribution in [0.1, 0.15) is 55.1 Å². The zero-order chi connectivity index (χ0) is 22.7. The highest BCUT2D eigenvalue weighted by atomic mass is 16.2. The van der Waals surface area contributed by atoms with Gasteiger partial charge in [0.1, 0.15) is 11.8 Å². The van der Waals surface area contributed by atoms with Crippen LogP contribution >= 0.6 is 0 Å². The van der Waals surface area contributed by atoms with Gasteiger partial charge in [-0.25, -0.2) is 9.97 Å². The number of aromatic nitrogens is 3. The summed E-state index contributed by atoms with van der Waals surface area (Å²) in [6.07, 6.45) is 4.81. The van der Waals surface area contributed by atoms with Crippen LogP contribution in [0.4, 0.5) is 11.5 Å². The number of carbonyl (C=O) groups excluding carboxylic acids is 1. The Balaban J connectivity index is 1.63. The molecular formula is C23H32N8O. The Kier molecular flexibility index (Phi) is 6.44. The summed E-state index contributed by atoms with van der Waals surface area (Å²) in [6.45, 7) is 10.4. The first-order valence-corrected chi connectivity index (χ1v) is 11.3. The number of pyridine rings is 1. The standard InChI is InChI=1S/C23H32N8O/c1-23(2,31-13-11-29(3)12-14-31)19-8-7-18(21(28-19)30-9-5-4-6-10-30)27-22(32)20-25-16-17(15-24)26-20/h7-8,16H,4-6,9-14H2,1-3H3,(H,25,26)(H,27,32). The highest BCUT2D eigenvalue weighted by molar-refractivity contribution is 6.03. The summed E-state index contributed by atoms with van der Waals surface area (Å²) in [6, 6.07) is 5.93. The highest BCUT2D eigenvalue weighted by Crippen LogP contribution is 2.33. The Morgan fingerprint density at radius 1 is 1.12 bits per heavy atom. The zero-order valence-electron chi connectivity index (χ0n) is 19.2. The normalized spacial score (nSPS) is 18.4. The molecule has 0 atom stereocenters. The molecule has 2 aliphatic rings. The lowest BCUT2D eigenvalue weighted by molar-refractivity contribution is 0.0580. The van der Waals surface area contributed by atoms with Crippen LogP contribution in [-0.2, 0) is 5.54 Å². The minimum atomic E-state index is -0.377. The van der Waals surface area contributed by atoms with Gasteiger partial charge in [-0.2, -0.15) is 5.26 Å². The van der Waals surface area contributed by atoms with Crippen LogP contribution in [0.25, 0.3) is 0 Å². The number of imidazole rings is 1. The van der Waals surface area contributed by atoms with Gasteiger partial charge in [-0.15, -0.1) is 0 Å². The molecule has 2 N–H and O–H groups in total. The summed E-state index contributed by atoms with van der Waals surface area (Å²) in [7, 11) is 2.16. The molecule has 0 aliphatic carbocycles. The third-order valence-electron chi connectivity index (χ3n) is 6.61. The second-order valence-corrected chi connectivity index (χ2v) is 9.18. The van der Waals surface area contributed by atoms with E-state index in [9.17, 15) is 4.79 Å². The lowest BCUT2D eigenvalue weighted by Crippen LogP contribution is -2.52. The first-order chi connectivity index (χ1) is 15.4. The fourth-order valence-electron chi connectivity index (χ4n) is 4.44. The molecule has 0 radical (unpaired) electrons. The summed E-state index contributed by atoms with van der Waals surface area (Å²) >= 11 is 0. The van der Waals surface area contributed by atoms with Gasteiger partial charge in [-0.05, 0) is 52.3 Å². The number of carbonyl (C=O) groups is 1. The molecule has 0 saturated carbocycles. The third kappa shape index (κ3) is 4.61. The number of rotatable bonds is 5. The molecule has 2 aromatic heterocycles. The predicted molar refractivity (Wildman–Crippen MR) is 124 cm³/mol. The Morgan fingerprint density at radius 3 is 2.50 bits per heavy atom.